The molecule has 2 rings (SSSR count). The Balaban J connectivity index is 2.03. The minimum Gasteiger partial charge on any atom is -0.357 e. The van der Waals surface area contributed by atoms with Crippen LogP contribution in [0.3, 0.4) is 0 Å². The lowest BCUT2D eigenvalue weighted by atomic mass is 10.1. The van der Waals surface area contributed by atoms with Gasteiger partial charge in [0.25, 0.3) is 0 Å². The van der Waals surface area contributed by atoms with E-state index < -0.39 is 6.04 Å². The van der Waals surface area contributed by atoms with Crippen molar-refractivity contribution in [3.8, 4) is 0 Å². The van der Waals surface area contributed by atoms with Crippen LogP contribution in [0.1, 0.15) is 23.6 Å². The molecule has 6 heteroatoms. The second-order valence-corrected chi connectivity index (χ2v) is 7.41. The highest BCUT2D eigenvalue weighted by molar-refractivity contribution is 7.99. The molecule has 0 aromatic heterocycles. The van der Waals surface area contributed by atoms with E-state index in [1.165, 1.54) is 23.9 Å². The van der Waals surface area contributed by atoms with Gasteiger partial charge < -0.3 is 10.2 Å². The zero-order valence-electron chi connectivity index (χ0n) is 15.9. The van der Waals surface area contributed by atoms with E-state index in [2.05, 4.69) is 5.32 Å². The highest BCUT2D eigenvalue weighted by Crippen LogP contribution is 2.17. The number of benzene rings is 2. The molecule has 1 N–H and O–H groups in total. The Morgan fingerprint density at radius 3 is 2.48 bits per heavy atom. The van der Waals surface area contributed by atoms with Gasteiger partial charge in [0.2, 0.25) is 11.8 Å². The number of hydrogen-bond donors (Lipinski definition) is 1. The molecule has 0 heterocycles. The van der Waals surface area contributed by atoms with Crippen LogP contribution in [-0.4, -0.2) is 35.6 Å². The fourth-order valence-corrected chi connectivity index (χ4v) is 3.59. The number of carbonyl (C=O) groups is 2. The van der Waals surface area contributed by atoms with Gasteiger partial charge >= 0.3 is 0 Å². The van der Waals surface area contributed by atoms with Crippen molar-refractivity contribution >= 4 is 23.6 Å². The van der Waals surface area contributed by atoms with Gasteiger partial charge in [-0.25, -0.2) is 4.39 Å². The molecule has 0 aliphatic rings. The van der Waals surface area contributed by atoms with Crippen molar-refractivity contribution in [2.75, 3.05) is 12.8 Å². The predicted octanol–water partition coefficient (Wildman–Crippen LogP) is 3.53. The monoisotopic (exact) mass is 388 g/mol. The Morgan fingerprint density at radius 1 is 1.15 bits per heavy atom. The van der Waals surface area contributed by atoms with Crippen LogP contribution in [0.2, 0.25) is 0 Å². The Morgan fingerprint density at radius 2 is 1.85 bits per heavy atom. The van der Waals surface area contributed by atoms with Gasteiger partial charge in [-0.15, -0.1) is 11.8 Å². The number of likely N-dealkylation sites (N-methyl/N-ethyl adjacent to an activating group) is 1. The largest absolute Gasteiger partial charge is 0.357 e. The maximum atomic E-state index is 13.0. The summed E-state index contributed by atoms with van der Waals surface area (Å²) in [5, 5.41) is 2.61. The fourth-order valence-electron chi connectivity index (χ4n) is 2.72. The third-order valence-corrected chi connectivity index (χ3v) is 5.25. The standard InChI is InChI=1S/C21H25FN2O2S/c1-15-5-4-6-18(11-15)12-24(16(2)21(26)23-3)20(25)14-27-13-17-7-9-19(22)10-8-17/h4-11,16H,12-14H2,1-3H3,(H,23,26)/t16-/m1/s1. The van der Waals surface area contributed by atoms with Gasteiger partial charge in [0.05, 0.1) is 5.75 Å². The Bertz CT molecular complexity index is 780. The highest BCUT2D eigenvalue weighted by atomic mass is 32.2. The molecule has 27 heavy (non-hydrogen) atoms. The normalized spacial score (nSPS) is 11.7. The topological polar surface area (TPSA) is 49.4 Å². The molecule has 0 unspecified atom stereocenters. The Kier molecular flexibility index (Phi) is 7.85. The summed E-state index contributed by atoms with van der Waals surface area (Å²) in [5.74, 6) is 0.297. The summed E-state index contributed by atoms with van der Waals surface area (Å²) >= 11 is 1.45. The summed E-state index contributed by atoms with van der Waals surface area (Å²) in [6.45, 7) is 4.11. The number of amides is 2. The van der Waals surface area contributed by atoms with E-state index in [1.807, 2.05) is 31.2 Å². The summed E-state index contributed by atoms with van der Waals surface area (Å²) in [4.78, 5) is 26.5. The molecule has 144 valence electrons. The molecule has 0 radical (unpaired) electrons. The summed E-state index contributed by atoms with van der Waals surface area (Å²) in [6.07, 6.45) is 0. The number of carbonyl (C=O) groups excluding carboxylic acids is 2. The smallest absolute Gasteiger partial charge is 0.242 e. The molecule has 2 aromatic carbocycles. The van der Waals surface area contributed by atoms with Gasteiger partial charge in [0.1, 0.15) is 11.9 Å². The Labute approximate surface area is 164 Å². The van der Waals surface area contributed by atoms with Gasteiger partial charge in [0, 0.05) is 19.3 Å². The summed E-state index contributed by atoms with van der Waals surface area (Å²) in [7, 11) is 1.57. The van der Waals surface area contributed by atoms with Crippen molar-refractivity contribution in [3.05, 3.63) is 71.0 Å². The lowest BCUT2D eigenvalue weighted by molar-refractivity contribution is -0.138. The number of hydrogen-bond acceptors (Lipinski definition) is 3. The molecular weight excluding hydrogens is 363 g/mol. The average Bonchev–Trinajstić information content (AvgIpc) is 2.66. The zero-order chi connectivity index (χ0) is 19.8. The first-order valence-corrected chi connectivity index (χ1v) is 9.95. The van der Waals surface area contributed by atoms with Crippen LogP contribution < -0.4 is 5.32 Å². The first kappa shape index (κ1) is 21.0. The van der Waals surface area contributed by atoms with Crippen molar-refractivity contribution in [3.63, 3.8) is 0 Å². The van der Waals surface area contributed by atoms with E-state index in [0.717, 1.165) is 16.7 Å². The van der Waals surface area contributed by atoms with Crippen LogP contribution >= 0.6 is 11.8 Å². The van der Waals surface area contributed by atoms with Crippen molar-refractivity contribution < 1.29 is 14.0 Å². The summed E-state index contributed by atoms with van der Waals surface area (Å²) in [6, 6.07) is 13.6. The lowest BCUT2D eigenvalue weighted by Crippen LogP contribution is -2.47. The zero-order valence-corrected chi connectivity index (χ0v) is 16.7. The third kappa shape index (κ3) is 6.40. The van der Waals surface area contributed by atoms with E-state index in [1.54, 1.807) is 31.0 Å². The maximum absolute atomic E-state index is 13.0. The number of thioether (sulfide) groups is 1. The molecule has 0 spiro atoms. The quantitative estimate of drug-likeness (QED) is 0.753. The van der Waals surface area contributed by atoms with Crippen LogP contribution in [0, 0.1) is 12.7 Å². The molecule has 2 aromatic rings. The second kappa shape index (κ2) is 10.1. The fraction of sp³-hybridized carbons (Fsp3) is 0.333. The second-order valence-electron chi connectivity index (χ2n) is 6.42. The SMILES string of the molecule is CNC(=O)[C@@H](C)N(Cc1cccc(C)c1)C(=O)CSCc1ccc(F)cc1. The third-order valence-electron chi connectivity index (χ3n) is 4.26. The van der Waals surface area contributed by atoms with E-state index in [4.69, 9.17) is 0 Å². The Hall–Kier alpha value is -2.34. The van der Waals surface area contributed by atoms with Gasteiger partial charge in [-0.1, -0.05) is 42.0 Å². The molecule has 2 amide bonds. The molecule has 0 fully saturated rings. The van der Waals surface area contributed by atoms with Crippen molar-refractivity contribution in [1.82, 2.24) is 10.2 Å². The summed E-state index contributed by atoms with van der Waals surface area (Å²) in [5.41, 5.74) is 3.06. The van der Waals surface area contributed by atoms with Crippen molar-refractivity contribution in [2.24, 2.45) is 0 Å². The minimum atomic E-state index is -0.561. The first-order valence-electron chi connectivity index (χ1n) is 8.79. The molecule has 1 atom stereocenters. The molecule has 0 saturated carbocycles. The number of nitrogens with zero attached hydrogens (tertiary/aromatic N) is 1. The van der Waals surface area contributed by atoms with Gasteiger partial charge in [-0.05, 0) is 37.1 Å². The van der Waals surface area contributed by atoms with E-state index >= 15 is 0 Å². The summed E-state index contributed by atoms with van der Waals surface area (Å²) < 4.78 is 13.0. The number of halogens is 1. The molecular formula is C21H25FN2O2S. The predicted molar refractivity (Wildman–Crippen MR) is 108 cm³/mol. The van der Waals surface area contributed by atoms with Crippen LogP contribution in [0.15, 0.2) is 48.5 Å². The molecule has 0 aliphatic heterocycles. The van der Waals surface area contributed by atoms with Gasteiger partial charge in [-0.2, -0.15) is 0 Å². The molecule has 0 saturated heterocycles. The van der Waals surface area contributed by atoms with E-state index in [-0.39, 0.29) is 23.4 Å². The van der Waals surface area contributed by atoms with Crippen LogP contribution in [0.4, 0.5) is 4.39 Å². The molecule has 4 nitrogen and oxygen atoms in total. The van der Waals surface area contributed by atoms with Crippen LogP contribution in [-0.2, 0) is 21.9 Å². The minimum absolute atomic E-state index is 0.0975. The van der Waals surface area contributed by atoms with Gasteiger partial charge in [-0.3, -0.25) is 9.59 Å². The number of rotatable bonds is 8. The van der Waals surface area contributed by atoms with E-state index in [0.29, 0.717) is 12.3 Å². The van der Waals surface area contributed by atoms with Crippen LogP contribution in [0.5, 0.6) is 0 Å². The van der Waals surface area contributed by atoms with Crippen LogP contribution in [0.25, 0.3) is 0 Å². The van der Waals surface area contributed by atoms with Gasteiger partial charge in [0.15, 0.2) is 0 Å². The van der Waals surface area contributed by atoms with Crippen molar-refractivity contribution in [2.45, 2.75) is 32.2 Å². The average molecular weight is 389 g/mol. The van der Waals surface area contributed by atoms with E-state index in [9.17, 15) is 14.0 Å². The number of aryl methyl sites for hydroxylation is 1. The lowest BCUT2D eigenvalue weighted by Gasteiger charge is -2.28. The number of nitrogens with one attached hydrogen (secondary N) is 1. The van der Waals surface area contributed by atoms with Crippen molar-refractivity contribution in [1.29, 1.82) is 0 Å². The first-order chi connectivity index (χ1) is 12.9. The maximum Gasteiger partial charge on any atom is 0.242 e. The molecule has 0 aliphatic carbocycles. The highest BCUT2D eigenvalue weighted by Gasteiger charge is 2.25. The molecule has 0 bridgehead atoms.